The van der Waals surface area contributed by atoms with E-state index in [-0.39, 0.29) is 5.54 Å². The normalized spacial score (nSPS) is 17.9. The summed E-state index contributed by atoms with van der Waals surface area (Å²) in [7, 11) is 0. The highest BCUT2D eigenvalue weighted by Crippen LogP contribution is 2.36. The van der Waals surface area contributed by atoms with Gasteiger partial charge in [-0.2, -0.15) is 0 Å². The van der Waals surface area contributed by atoms with Gasteiger partial charge in [-0.3, -0.25) is 0 Å². The van der Waals surface area contributed by atoms with E-state index in [0.29, 0.717) is 0 Å². The Morgan fingerprint density at radius 3 is 2.20 bits per heavy atom. The first-order chi connectivity index (χ1) is 9.62. The first kappa shape index (κ1) is 17.5. The summed E-state index contributed by atoms with van der Waals surface area (Å²) in [5, 5.41) is 2.06. The molecule has 0 spiro atoms. The number of nitrogens with two attached hydrogens (primary N) is 1. The van der Waals surface area contributed by atoms with Crippen LogP contribution >= 0.6 is 11.9 Å². The molecule has 1 unspecified atom stereocenters. The van der Waals surface area contributed by atoms with Gasteiger partial charge in [0.05, 0.1) is 0 Å². The molecule has 0 radical (unpaired) electrons. The van der Waals surface area contributed by atoms with Crippen molar-refractivity contribution < 1.29 is 0 Å². The zero-order chi connectivity index (χ0) is 14.8. The van der Waals surface area contributed by atoms with Crippen molar-refractivity contribution in [3.05, 3.63) is 23.4 Å². The van der Waals surface area contributed by atoms with Crippen molar-refractivity contribution in [2.75, 3.05) is 0 Å². The van der Waals surface area contributed by atoms with Crippen molar-refractivity contribution >= 4 is 11.9 Å². The van der Waals surface area contributed by atoms with Gasteiger partial charge < -0.3 is 10.0 Å². The molecule has 0 aromatic carbocycles. The van der Waals surface area contributed by atoms with Gasteiger partial charge in [-0.25, -0.2) is 0 Å². The number of rotatable bonds is 10. The van der Waals surface area contributed by atoms with Crippen LogP contribution in [0.4, 0.5) is 0 Å². The zero-order valence-corrected chi connectivity index (χ0v) is 14.3. The molecule has 1 aliphatic heterocycles. The number of nitrogens with zero attached hydrogens (tertiary/aromatic N) is 1. The van der Waals surface area contributed by atoms with E-state index in [0.717, 1.165) is 5.70 Å². The zero-order valence-electron chi connectivity index (χ0n) is 13.5. The Kier molecular flexibility index (Phi) is 8.20. The van der Waals surface area contributed by atoms with Crippen molar-refractivity contribution in [2.45, 2.75) is 84.1 Å². The Bertz CT molecular complexity index is 325. The molecule has 1 aliphatic rings. The van der Waals surface area contributed by atoms with Gasteiger partial charge in [-0.1, -0.05) is 58.8 Å². The smallest absolute Gasteiger partial charge is 0.0483 e. The van der Waals surface area contributed by atoms with Crippen LogP contribution in [0.15, 0.2) is 23.4 Å². The molecule has 1 heterocycles. The maximum Gasteiger partial charge on any atom is 0.0483 e. The maximum absolute atomic E-state index is 5.83. The summed E-state index contributed by atoms with van der Waals surface area (Å²) in [5.41, 5.74) is 6.96. The molecular weight excluding hydrogens is 264 g/mol. The summed E-state index contributed by atoms with van der Waals surface area (Å²) in [4.78, 5) is 0. The highest BCUT2D eigenvalue weighted by molar-refractivity contribution is 8.00. The third-order valence-corrected chi connectivity index (χ3v) is 5.29. The van der Waals surface area contributed by atoms with Crippen LogP contribution in [0.5, 0.6) is 0 Å². The van der Waals surface area contributed by atoms with Gasteiger partial charge in [0, 0.05) is 22.8 Å². The Balaban J connectivity index is 2.55. The lowest BCUT2D eigenvalue weighted by molar-refractivity contribution is 0.230. The van der Waals surface area contributed by atoms with E-state index in [9.17, 15) is 0 Å². The molecule has 0 bridgehead atoms. The second kappa shape index (κ2) is 9.38. The Labute approximate surface area is 130 Å². The predicted octanol–water partition coefficient (Wildman–Crippen LogP) is 5.57. The molecule has 2 N–H and O–H groups in total. The van der Waals surface area contributed by atoms with Crippen molar-refractivity contribution in [3.8, 4) is 0 Å². The number of unbranched alkanes of at least 4 members (excludes halogenated alkanes) is 5. The quantitative estimate of drug-likeness (QED) is 0.422. The van der Waals surface area contributed by atoms with Crippen molar-refractivity contribution in [1.29, 1.82) is 0 Å². The molecule has 20 heavy (non-hydrogen) atoms. The van der Waals surface area contributed by atoms with E-state index in [2.05, 4.69) is 36.7 Å². The van der Waals surface area contributed by atoms with Crippen LogP contribution < -0.4 is 5.73 Å². The molecule has 0 aromatic rings. The molecule has 0 aromatic heterocycles. The molecule has 116 valence electrons. The third-order valence-electron chi connectivity index (χ3n) is 4.12. The van der Waals surface area contributed by atoms with Crippen molar-refractivity contribution in [3.63, 3.8) is 0 Å². The van der Waals surface area contributed by atoms with Crippen LogP contribution in [0.25, 0.3) is 0 Å². The minimum absolute atomic E-state index is 0.265. The van der Waals surface area contributed by atoms with E-state index in [4.69, 9.17) is 5.73 Å². The van der Waals surface area contributed by atoms with Crippen LogP contribution in [0.3, 0.4) is 0 Å². The van der Waals surface area contributed by atoms with Gasteiger partial charge in [0.15, 0.2) is 0 Å². The molecule has 0 amide bonds. The molecule has 0 saturated carbocycles. The molecule has 2 nitrogen and oxygen atoms in total. The lowest BCUT2D eigenvalue weighted by atomic mass is 9.88. The van der Waals surface area contributed by atoms with Crippen LogP contribution in [0.1, 0.15) is 78.6 Å². The second-order valence-corrected chi connectivity index (χ2v) is 6.97. The SMILES string of the molecule is CCCCCCC(C)(CCCCC)N1C=CC(N)=CS1. The summed E-state index contributed by atoms with van der Waals surface area (Å²) >= 11 is 1.76. The summed E-state index contributed by atoms with van der Waals surface area (Å²) in [6, 6.07) is 0. The summed E-state index contributed by atoms with van der Waals surface area (Å²) in [6.07, 6.45) is 16.1. The predicted molar refractivity (Wildman–Crippen MR) is 92.1 cm³/mol. The second-order valence-electron chi connectivity index (χ2n) is 6.13. The van der Waals surface area contributed by atoms with Crippen LogP contribution in [-0.4, -0.2) is 9.84 Å². The van der Waals surface area contributed by atoms with Crippen molar-refractivity contribution in [1.82, 2.24) is 4.31 Å². The van der Waals surface area contributed by atoms with Gasteiger partial charge in [0.25, 0.3) is 0 Å². The molecule has 0 aliphatic carbocycles. The van der Waals surface area contributed by atoms with Crippen molar-refractivity contribution in [2.24, 2.45) is 5.73 Å². The molecule has 1 rings (SSSR count). The standard InChI is InChI=1S/C17H32N2S/c1-4-6-8-10-13-17(3,12-9-7-5-2)19-14-11-16(18)15-20-19/h11,14-15H,4-10,12-13,18H2,1-3H3. The number of hydrogen-bond donors (Lipinski definition) is 1. The largest absolute Gasteiger partial charge is 0.398 e. The Morgan fingerprint density at radius 2 is 1.65 bits per heavy atom. The Morgan fingerprint density at radius 1 is 1.05 bits per heavy atom. The fourth-order valence-electron chi connectivity index (χ4n) is 2.69. The van der Waals surface area contributed by atoms with Crippen LogP contribution in [-0.2, 0) is 0 Å². The first-order valence-electron chi connectivity index (χ1n) is 8.22. The summed E-state index contributed by atoms with van der Waals surface area (Å²) in [5.74, 6) is 0. The van der Waals surface area contributed by atoms with Gasteiger partial charge >= 0.3 is 0 Å². The highest BCUT2D eigenvalue weighted by Gasteiger charge is 2.30. The molecule has 0 fully saturated rings. The average molecular weight is 297 g/mol. The van der Waals surface area contributed by atoms with E-state index < -0.39 is 0 Å². The third kappa shape index (κ3) is 5.82. The fourth-order valence-corrected chi connectivity index (χ4v) is 3.57. The fraction of sp³-hybridized carbons (Fsp3) is 0.765. The highest BCUT2D eigenvalue weighted by atomic mass is 32.2. The van der Waals surface area contributed by atoms with E-state index >= 15 is 0 Å². The topological polar surface area (TPSA) is 29.3 Å². The lowest BCUT2D eigenvalue weighted by Gasteiger charge is -2.40. The van der Waals surface area contributed by atoms with E-state index in [1.54, 1.807) is 11.9 Å². The molecule has 1 atom stereocenters. The van der Waals surface area contributed by atoms with Gasteiger partial charge in [-0.15, -0.1) is 0 Å². The number of allylic oxidation sites excluding steroid dienone is 1. The molecule has 0 saturated heterocycles. The first-order valence-corrected chi connectivity index (χ1v) is 9.06. The van der Waals surface area contributed by atoms with Crippen LogP contribution in [0.2, 0.25) is 0 Å². The minimum atomic E-state index is 0.265. The van der Waals surface area contributed by atoms with Gasteiger partial charge in [0.1, 0.15) is 0 Å². The molecular formula is C17H32N2S. The summed E-state index contributed by atoms with van der Waals surface area (Å²) in [6.45, 7) is 6.97. The lowest BCUT2D eigenvalue weighted by Crippen LogP contribution is -2.39. The van der Waals surface area contributed by atoms with E-state index in [1.807, 2.05) is 6.08 Å². The van der Waals surface area contributed by atoms with Gasteiger partial charge in [0.2, 0.25) is 0 Å². The summed E-state index contributed by atoms with van der Waals surface area (Å²) < 4.78 is 2.42. The Hall–Kier alpha value is -0.570. The van der Waals surface area contributed by atoms with E-state index in [1.165, 1.54) is 57.8 Å². The van der Waals surface area contributed by atoms with Gasteiger partial charge in [-0.05, 0) is 37.8 Å². The molecule has 3 heteroatoms. The maximum atomic E-state index is 5.83. The minimum Gasteiger partial charge on any atom is -0.398 e. The monoisotopic (exact) mass is 296 g/mol. The van der Waals surface area contributed by atoms with Crippen LogP contribution in [0, 0.1) is 0 Å². The average Bonchev–Trinajstić information content (AvgIpc) is 2.45. The number of hydrogen-bond acceptors (Lipinski definition) is 3.